The Hall–Kier alpha value is -1.46. The highest BCUT2D eigenvalue weighted by atomic mass is 19.1. The van der Waals surface area contributed by atoms with Crippen LogP contribution in [0.5, 0.6) is 0 Å². The molecule has 2 aliphatic rings. The van der Waals surface area contributed by atoms with Gasteiger partial charge >= 0.3 is 0 Å². The Labute approximate surface area is 143 Å². The zero-order chi connectivity index (χ0) is 17.1. The molecule has 1 heterocycles. The summed E-state index contributed by atoms with van der Waals surface area (Å²) in [6, 6.07) is 7.12. The third-order valence-corrected chi connectivity index (χ3v) is 5.15. The summed E-state index contributed by atoms with van der Waals surface area (Å²) < 4.78 is 19.2. The third kappa shape index (κ3) is 3.78. The van der Waals surface area contributed by atoms with Gasteiger partial charge in [-0.3, -0.25) is 4.79 Å². The van der Waals surface area contributed by atoms with Gasteiger partial charge in [-0.05, 0) is 36.3 Å². The van der Waals surface area contributed by atoms with Crippen LogP contribution in [0.2, 0.25) is 0 Å². The van der Waals surface area contributed by atoms with E-state index in [1.54, 1.807) is 6.07 Å². The van der Waals surface area contributed by atoms with Crippen molar-refractivity contribution < 1.29 is 13.9 Å². The zero-order valence-electron chi connectivity index (χ0n) is 14.5. The van der Waals surface area contributed by atoms with Gasteiger partial charge in [-0.1, -0.05) is 32.0 Å². The van der Waals surface area contributed by atoms with Gasteiger partial charge in [0.2, 0.25) is 5.91 Å². The maximum atomic E-state index is 13.9. The summed E-state index contributed by atoms with van der Waals surface area (Å²) in [5.41, 5.74) is 0.802. The SMILES string of the molecule is CC(C)C(NC1CC(c2ccccc2F)C1)C(=O)N1CCOCC1. The second kappa shape index (κ2) is 7.62. The van der Waals surface area contributed by atoms with Crippen LogP contribution in [0.15, 0.2) is 24.3 Å². The van der Waals surface area contributed by atoms with Crippen LogP contribution in [0.4, 0.5) is 4.39 Å². The molecule has 5 heteroatoms. The number of rotatable bonds is 5. The molecule has 132 valence electrons. The van der Waals surface area contributed by atoms with Crippen molar-refractivity contribution in [1.29, 1.82) is 0 Å². The summed E-state index contributed by atoms with van der Waals surface area (Å²) in [5.74, 6) is 0.538. The van der Waals surface area contributed by atoms with E-state index in [1.165, 1.54) is 6.07 Å². The Kier molecular flexibility index (Phi) is 5.51. The Bertz CT molecular complexity index is 566. The lowest BCUT2D eigenvalue weighted by Crippen LogP contribution is -2.56. The van der Waals surface area contributed by atoms with Gasteiger partial charge in [0.25, 0.3) is 0 Å². The molecule has 1 aliphatic carbocycles. The van der Waals surface area contributed by atoms with Crippen LogP contribution in [0.25, 0.3) is 0 Å². The lowest BCUT2D eigenvalue weighted by atomic mass is 9.75. The average molecular weight is 334 g/mol. The number of halogens is 1. The van der Waals surface area contributed by atoms with E-state index in [0.717, 1.165) is 18.4 Å². The smallest absolute Gasteiger partial charge is 0.240 e. The quantitative estimate of drug-likeness (QED) is 0.900. The van der Waals surface area contributed by atoms with Crippen LogP contribution < -0.4 is 5.32 Å². The molecular weight excluding hydrogens is 307 g/mol. The molecule has 4 nitrogen and oxygen atoms in total. The maximum Gasteiger partial charge on any atom is 0.240 e. The van der Waals surface area contributed by atoms with Crippen LogP contribution in [0.3, 0.4) is 0 Å². The summed E-state index contributed by atoms with van der Waals surface area (Å²) >= 11 is 0. The molecule has 0 radical (unpaired) electrons. The molecule has 0 bridgehead atoms. The van der Waals surface area contributed by atoms with Crippen molar-refractivity contribution in [2.24, 2.45) is 5.92 Å². The summed E-state index contributed by atoms with van der Waals surface area (Å²) in [6.07, 6.45) is 1.78. The molecule has 2 fully saturated rings. The fourth-order valence-corrected chi connectivity index (χ4v) is 3.60. The van der Waals surface area contributed by atoms with Gasteiger partial charge in [0, 0.05) is 19.1 Å². The van der Waals surface area contributed by atoms with Crippen molar-refractivity contribution in [1.82, 2.24) is 10.2 Å². The third-order valence-electron chi connectivity index (χ3n) is 5.15. The molecule has 1 saturated heterocycles. The number of nitrogens with one attached hydrogen (secondary N) is 1. The highest BCUT2D eigenvalue weighted by molar-refractivity contribution is 5.82. The first kappa shape index (κ1) is 17.4. The molecule has 3 rings (SSSR count). The minimum absolute atomic E-state index is 0.120. The minimum Gasteiger partial charge on any atom is -0.378 e. The molecule has 0 spiro atoms. The Morgan fingerprint density at radius 1 is 1.25 bits per heavy atom. The second-order valence-corrected chi connectivity index (χ2v) is 7.21. The van der Waals surface area contributed by atoms with Crippen molar-refractivity contribution in [3.05, 3.63) is 35.6 Å². The van der Waals surface area contributed by atoms with Gasteiger partial charge in [0.1, 0.15) is 5.82 Å². The van der Waals surface area contributed by atoms with Crippen molar-refractivity contribution in [3.63, 3.8) is 0 Å². The van der Waals surface area contributed by atoms with Crippen molar-refractivity contribution in [2.45, 2.75) is 44.7 Å². The van der Waals surface area contributed by atoms with E-state index in [4.69, 9.17) is 4.74 Å². The number of carbonyl (C=O) groups excluding carboxylic acids is 1. The molecule has 1 unspecified atom stereocenters. The Morgan fingerprint density at radius 2 is 1.92 bits per heavy atom. The van der Waals surface area contributed by atoms with E-state index < -0.39 is 0 Å². The lowest BCUT2D eigenvalue weighted by molar-refractivity contribution is -0.139. The average Bonchev–Trinajstić information content (AvgIpc) is 2.55. The highest BCUT2D eigenvalue weighted by Crippen LogP contribution is 2.38. The van der Waals surface area contributed by atoms with Gasteiger partial charge < -0.3 is 15.0 Å². The van der Waals surface area contributed by atoms with Crippen LogP contribution in [0.1, 0.15) is 38.2 Å². The molecule has 1 aliphatic heterocycles. The molecule has 24 heavy (non-hydrogen) atoms. The van der Waals surface area contributed by atoms with Crippen LogP contribution in [-0.4, -0.2) is 49.2 Å². The summed E-state index contributed by atoms with van der Waals surface area (Å²) in [7, 11) is 0. The summed E-state index contributed by atoms with van der Waals surface area (Å²) in [4.78, 5) is 14.7. The first-order valence-corrected chi connectivity index (χ1v) is 8.93. The van der Waals surface area contributed by atoms with Gasteiger partial charge in [-0.2, -0.15) is 0 Å². The standard InChI is InChI=1S/C19H27FN2O2/c1-13(2)18(19(23)22-7-9-24-10-8-22)21-15-11-14(12-15)16-5-3-4-6-17(16)20/h3-6,13-15,18,21H,7-12H2,1-2H3. The van der Waals surface area contributed by atoms with Gasteiger partial charge in [-0.15, -0.1) is 0 Å². The predicted octanol–water partition coefficient (Wildman–Crippen LogP) is 2.54. The monoisotopic (exact) mass is 334 g/mol. The van der Waals surface area contributed by atoms with E-state index in [2.05, 4.69) is 19.2 Å². The molecule has 1 atom stereocenters. The van der Waals surface area contributed by atoms with E-state index in [1.807, 2.05) is 17.0 Å². The fraction of sp³-hybridized carbons (Fsp3) is 0.632. The maximum absolute atomic E-state index is 13.9. The predicted molar refractivity (Wildman–Crippen MR) is 91.3 cm³/mol. The number of morpholine rings is 1. The minimum atomic E-state index is -0.172. The highest BCUT2D eigenvalue weighted by Gasteiger charge is 2.36. The van der Waals surface area contributed by atoms with E-state index in [9.17, 15) is 9.18 Å². The molecule has 1 aromatic rings. The van der Waals surface area contributed by atoms with Crippen LogP contribution >= 0.6 is 0 Å². The molecule has 0 aromatic heterocycles. The molecule has 1 amide bonds. The van der Waals surface area contributed by atoms with E-state index in [-0.39, 0.29) is 35.6 Å². The Balaban J connectivity index is 1.56. The lowest BCUT2D eigenvalue weighted by Gasteiger charge is -2.41. The number of ether oxygens (including phenoxy) is 1. The molecule has 1 aromatic carbocycles. The van der Waals surface area contributed by atoms with Crippen molar-refractivity contribution >= 4 is 5.91 Å². The summed E-state index contributed by atoms with van der Waals surface area (Å²) in [6.45, 7) is 6.73. The number of benzene rings is 1. The van der Waals surface area contributed by atoms with Gasteiger partial charge in [-0.25, -0.2) is 4.39 Å². The number of amides is 1. The fourth-order valence-electron chi connectivity index (χ4n) is 3.60. The normalized spacial score (nSPS) is 25.4. The first-order chi connectivity index (χ1) is 11.6. The van der Waals surface area contributed by atoms with Crippen LogP contribution in [0, 0.1) is 11.7 Å². The second-order valence-electron chi connectivity index (χ2n) is 7.21. The van der Waals surface area contributed by atoms with Gasteiger partial charge in [0.15, 0.2) is 0 Å². The number of hydrogen-bond acceptors (Lipinski definition) is 3. The number of nitrogens with zero attached hydrogens (tertiary/aromatic N) is 1. The largest absolute Gasteiger partial charge is 0.378 e. The number of carbonyl (C=O) groups is 1. The number of hydrogen-bond donors (Lipinski definition) is 1. The molecule has 1 saturated carbocycles. The topological polar surface area (TPSA) is 41.6 Å². The van der Waals surface area contributed by atoms with Gasteiger partial charge in [0.05, 0.1) is 19.3 Å². The molecule has 1 N–H and O–H groups in total. The molecular formula is C19H27FN2O2. The van der Waals surface area contributed by atoms with Crippen LogP contribution in [-0.2, 0) is 9.53 Å². The first-order valence-electron chi connectivity index (χ1n) is 8.93. The van der Waals surface area contributed by atoms with E-state index >= 15 is 0 Å². The van der Waals surface area contributed by atoms with Crippen molar-refractivity contribution in [2.75, 3.05) is 26.3 Å². The Morgan fingerprint density at radius 3 is 2.54 bits per heavy atom. The van der Waals surface area contributed by atoms with Crippen molar-refractivity contribution in [3.8, 4) is 0 Å². The van der Waals surface area contributed by atoms with E-state index in [0.29, 0.717) is 26.3 Å². The zero-order valence-corrected chi connectivity index (χ0v) is 14.5. The summed E-state index contributed by atoms with van der Waals surface area (Å²) in [5, 5.41) is 3.51.